The van der Waals surface area contributed by atoms with E-state index in [0.717, 1.165) is 22.0 Å². The normalized spacial score (nSPS) is 18.2. The average Bonchev–Trinajstić information content (AvgIpc) is 2.84. The molecular formula is C24H25N3O4S. The Kier molecular flexibility index (Phi) is 6.47. The van der Waals surface area contributed by atoms with Crippen LogP contribution in [0.4, 0.5) is 5.69 Å². The summed E-state index contributed by atoms with van der Waals surface area (Å²) in [5, 5.41) is 10.8. The summed E-state index contributed by atoms with van der Waals surface area (Å²) in [6.45, 7) is 2.90. The van der Waals surface area contributed by atoms with Crippen LogP contribution in [0.5, 0.6) is 17.2 Å². The van der Waals surface area contributed by atoms with Gasteiger partial charge in [0.1, 0.15) is 5.75 Å². The van der Waals surface area contributed by atoms with E-state index >= 15 is 0 Å². The minimum atomic E-state index is -0.312. The van der Waals surface area contributed by atoms with Crippen molar-refractivity contribution in [3.63, 3.8) is 0 Å². The number of fused-ring (bicyclic) bond motifs is 1. The zero-order valence-electron chi connectivity index (χ0n) is 18.3. The monoisotopic (exact) mass is 451 g/mol. The number of benzene rings is 2. The van der Waals surface area contributed by atoms with Gasteiger partial charge in [-0.3, -0.25) is 9.69 Å². The van der Waals surface area contributed by atoms with Gasteiger partial charge in [0.05, 0.1) is 55.7 Å². The molecule has 2 aromatic rings. The molecule has 0 aromatic heterocycles. The summed E-state index contributed by atoms with van der Waals surface area (Å²) in [5.41, 5.74) is 2.42. The van der Waals surface area contributed by atoms with Crippen LogP contribution in [0.3, 0.4) is 0 Å². The molecule has 2 aromatic carbocycles. The number of allylic oxidation sites excluding steroid dienone is 1. The number of carbonyl (C=O) groups excluding carboxylic acids is 1. The highest BCUT2D eigenvalue weighted by molar-refractivity contribution is 8.03. The number of methoxy groups -OCH3 is 2. The maximum atomic E-state index is 13.2. The molecule has 7 nitrogen and oxygen atoms in total. The number of carbonyl (C=O) groups is 1. The fraction of sp³-hybridized carbons (Fsp3) is 0.333. The largest absolute Gasteiger partial charge is 0.493 e. The van der Waals surface area contributed by atoms with Gasteiger partial charge in [0, 0.05) is 12.3 Å². The van der Waals surface area contributed by atoms with E-state index in [2.05, 4.69) is 11.0 Å². The Morgan fingerprint density at radius 1 is 1.12 bits per heavy atom. The number of anilines is 1. The maximum Gasteiger partial charge on any atom is 0.229 e. The second-order valence-corrected chi connectivity index (χ2v) is 8.31. The van der Waals surface area contributed by atoms with E-state index in [1.54, 1.807) is 19.1 Å². The van der Waals surface area contributed by atoms with Gasteiger partial charge >= 0.3 is 0 Å². The van der Waals surface area contributed by atoms with Crippen molar-refractivity contribution in [2.75, 3.05) is 38.3 Å². The molecule has 0 radical (unpaired) electrons. The Morgan fingerprint density at radius 2 is 1.91 bits per heavy atom. The number of hydrogen-bond donors (Lipinski definition) is 0. The number of para-hydroxylation sites is 2. The van der Waals surface area contributed by atoms with Crippen LogP contribution >= 0.6 is 11.8 Å². The zero-order chi connectivity index (χ0) is 22.7. The van der Waals surface area contributed by atoms with Crippen molar-refractivity contribution in [2.24, 2.45) is 0 Å². The number of rotatable bonds is 6. The maximum absolute atomic E-state index is 13.2. The van der Waals surface area contributed by atoms with E-state index < -0.39 is 0 Å². The molecule has 1 amide bonds. The summed E-state index contributed by atoms with van der Waals surface area (Å²) in [6.07, 6.45) is 0.226. The molecule has 2 aliphatic heterocycles. The van der Waals surface area contributed by atoms with Crippen LogP contribution in [-0.4, -0.2) is 44.2 Å². The van der Waals surface area contributed by atoms with Crippen LogP contribution in [0.25, 0.3) is 0 Å². The van der Waals surface area contributed by atoms with E-state index in [9.17, 15) is 10.1 Å². The fourth-order valence-electron chi connectivity index (χ4n) is 4.07. The predicted molar refractivity (Wildman–Crippen MR) is 124 cm³/mol. The fourth-order valence-corrected chi connectivity index (χ4v) is 5.22. The van der Waals surface area contributed by atoms with Gasteiger partial charge in [0.15, 0.2) is 11.5 Å². The molecule has 4 rings (SSSR count). The molecule has 8 heteroatoms. The molecule has 2 aliphatic rings. The number of amides is 1. The van der Waals surface area contributed by atoms with Gasteiger partial charge in [-0.25, -0.2) is 0 Å². The smallest absolute Gasteiger partial charge is 0.229 e. The summed E-state index contributed by atoms with van der Waals surface area (Å²) in [7, 11) is 3.15. The molecule has 0 spiro atoms. The lowest BCUT2D eigenvalue weighted by atomic mass is 9.86. The van der Waals surface area contributed by atoms with Crippen LogP contribution < -0.4 is 19.1 Å². The lowest BCUT2D eigenvalue weighted by Crippen LogP contribution is -2.47. The Labute approximate surface area is 192 Å². The standard InChI is InChI=1S/C24H25N3O4S/c1-4-31-20-8-6-5-7-19(20)26-14-27-23(28)12-17(18(13-25)24(27)32-15-26)16-9-10-21(29-2)22(11-16)30-3/h5-11,17H,4,12,14-15H2,1-3H3/t17-/m0/s1. The quantitative estimate of drug-likeness (QED) is 0.647. The summed E-state index contributed by atoms with van der Waals surface area (Å²) in [4.78, 5) is 17.0. The first-order valence-corrected chi connectivity index (χ1v) is 11.4. The molecule has 1 fully saturated rings. The van der Waals surface area contributed by atoms with Gasteiger partial charge < -0.3 is 19.1 Å². The van der Waals surface area contributed by atoms with Crippen molar-refractivity contribution in [1.82, 2.24) is 4.90 Å². The molecule has 0 unspecified atom stereocenters. The summed E-state index contributed by atoms with van der Waals surface area (Å²) in [5.74, 6) is 2.28. The number of thioether (sulfide) groups is 1. The Balaban J connectivity index is 1.66. The lowest BCUT2D eigenvalue weighted by Gasteiger charge is -2.42. The van der Waals surface area contributed by atoms with Gasteiger partial charge in [0.2, 0.25) is 5.91 Å². The van der Waals surface area contributed by atoms with E-state index in [1.165, 1.54) is 11.8 Å². The average molecular weight is 452 g/mol. The summed E-state index contributed by atoms with van der Waals surface area (Å²) in [6, 6.07) is 15.7. The van der Waals surface area contributed by atoms with Crippen LogP contribution in [-0.2, 0) is 4.79 Å². The van der Waals surface area contributed by atoms with Crippen molar-refractivity contribution in [2.45, 2.75) is 19.3 Å². The first-order valence-electron chi connectivity index (χ1n) is 10.4. The van der Waals surface area contributed by atoms with Gasteiger partial charge in [-0.15, -0.1) is 0 Å². The third kappa shape index (κ3) is 3.96. The molecule has 1 atom stereocenters. The molecule has 0 bridgehead atoms. The number of nitrogens with zero attached hydrogens (tertiary/aromatic N) is 3. The minimum Gasteiger partial charge on any atom is -0.493 e. The van der Waals surface area contributed by atoms with Gasteiger partial charge in [0.25, 0.3) is 0 Å². The first-order chi connectivity index (χ1) is 15.6. The number of nitriles is 1. The van der Waals surface area contributed by atoms with Crippen LogP contribution in [0, 0.1) is 11.3 Å². The summed E-state index contributed by atoms with van der Waals surface area (Å²) < 4.78 is 16.5. The number of ether oxygens (including phenoxy) is 3. The van der Waals surface area contributed by atoms with Crippen molar-refractivity contribution in [3.8, 4) is 23.3 Å². The van der Waals surface area contributed by atoms with Gasteiger partial charge in [-0.1, -0.05) is 30.0 Å². The van der Waals surface area contributed by atoms with Crippen molar-refractivity contribution in [1.29, 1.82) is 5.26 Å². The van der Waals surface area contributed by atoms with Crippen molar-refractivity contribution >= 4 is 23.4 Å². The van der Waals surface area contributed by atoms with E-state index in [1.807, 2.05) is 49.4 Å². The van der Waals surface area contributed by atoms with Crippen LogP contribution in [0.15, 0.2) is 53.1 Å². The highest BCUT2D eigenvalue weighted by Gasteiger charge is 2.39. The molecule has 32 heavy (non-hydrogen) atoms. The van der Waals surface area contributed by atoms with Crippen LogP contribution in [0.1, 0.15) is 24.8 Å². The van der Waals surface area contributed by atoms with Gasteiger partial charge in [-0.05, 0) is 36.8 Å². The molecule has 166 valence electrons. The summed E-state index contributed by atoms with van der Waals surface area (Å²) >= 11 is 1.51. The Bertz CT molecular complexity index is 1090. The van der Waals surface area contributed by atoms with E-state index in [0.29, 0.717) is 36.2 Å². The second kappa shape index (κ2) is 9.45. The second-order valence-electron chi connectivity index (χ2n) is 7.38. The highest BCUT2D eigenvalue weighted by atomic mass is 32.2. The topological polar surface area (TPSA) is 75.0 Å². The Morgan fingerprint density at radius 3 is 2.62 bits per heavy atom. The third-order valence-electron chi connectivity index (χ3n) is 5.61. The predicted octanol–water partition coefficient (Wildman–Crippen LogP) is 4.32. The van der Waals surface area contributed by atoms with E-state index in [4.69, 9.17) is 14.2 Å². The van der Waals surface area contributed by atoms with Gasteiger partial charge in [-0.2, -0.15) is 5.26 Å². The molecule has 1 saturated heterocycles. The zero-order valence-corrected chi connectivity index (χ0v) is 19.1. The van der Waals surface area contributed by atoms with Crippen molar-refractivity contribution in [3.05, 3.63) is 58.6 Å². The lowest BCUT2D eigenvalue weighted by molar-refractivity contribution is -0.129. The molecule has 0 saturated carbocycles. The molecular weight excluding hydrogens is 426 g/mol. The third-order valence-corrected chi connectivity index (χ3v) is 6.76. The SMILES string of the molecule is CCOc1ccccc1N1CSC2=C(C#N)[C@H](c3ccc(OC)c(OC)c3)CC(=O)N2C1. The van der Waals surface area contributed by atoms with Crippen LogP contribution in [0.2, 0.25) is 0 Å². The minimum absolute atomic E-state index is 0.00937. The molecule has 2 heterocycles. The highest BCUT2D eigenvalue weighted by Crippen LogP contribution is 2.45. The molecule has 0 N–H and O–H groups in total. The van der Waals surface area contributed by atoms with E-state index in [-0.39, 0.29) is 18.2 Å². The molecule has 0 aliphatic carbocycles. The van der Waals surface area contributed by atoms with Crippen molar-refractivity contribution < 1.29 is 19.0 Å². The Hall–Kier alpha value is -3.31. The first kappa shape index (κ1) is 21.9. The number of hydrogen-bond acceptors (Lipinski definition) is 7.